The normalized spacial score (nSPS) is 20.1. The van der Waals surface area contributed by atoms with Crippen LogP contribution in [0.25, 0.3) is 0 Å². The standard InChI is InChI=1S/C13H18N2O3S2/c14-13(19)12-3-1-2-10(6-12)9-20(17,18)15-5-4-11(7-15)8-16/h1-3,6,11,16H,4-5,7-9H2,(H2,14,19). The first-order chi connectivity index (χ1) is 9.42. The molecule has 0 radical (unpaired) electrons. The van der Waals surface area contributed by atoms with Gasteiger partial charge in [0.15, 0.2) is 0 Å². The molecule has 20 heavy (non-hydrogen) atoms. The summed E-state index contributed by atoms with van der Waals surface area (Å²) in [6, 6.07) is 6.97. The predicted molar refractivity (Wildman–Crippen MR) is 81.7 cm³/mol. The molecule has 1 unspecified atom stereocenters. The molecule has 0 saturated carbocycles. The van der Waals surface area contributed by atoms with Gasteiger partial charge in [0.2, 0.25) is 10.0 Å². The van der Waals surface area contributed by atoms with Crippen molar-refractivity contribution in [1.82, 2.24) is 4.31 Å². The molecule has 0 bridgehead atoms. The molecule has 1 aromatic carbocycles. The van der Waals surface area contributed by atoms with E-state index in [9.17, 15) is 8.42 Å². The zero-order chi connectivity index (χ0) is 14.8. The molecule has 1 fully saturated rings. The number of nitrogens with two attached hydrogens (primary N) is 1. The molecule has 1 saturated heterocycles. The summed E-state index contributed by atoms with van der Waals surface area (Å²) in [4.78, 5) is 0.255. The van der Waals surface area contributed by atoms with Gasteiger partial charge in [-0.05, 0) is 24.0 Å². The molecular weight excluding hydrogens is 296 g/mol. The van der Waals surface area contributed by atoms with E-state index in [-0.39, 0.29) is 23.3 Å². The Hall–Kier alpha value is -1.02. The average molecular weight is 314 g/mol. The molecule has 110 valence electrons. The Balaban J connectivity index is 2.12. The molecule has 1 aromatic rings. The number of nitrogens with zero attached hydrogens (tertiary/aromatic N) is 1. The summed E-state index contributed by atoms with van der Waals surface area (Å²) in [5.41, 5.74) is 6.89. The van der Waals surface area contributed by atoms with Crippen LogP contribution >= 0.6 is 12.2 Å². The van der Waals surface area contributed by atoms with Crippen molar-refractivity contribution in [3.63, 3.8) is 0 Å². The molecule has 1 aliphatic rings. The van der Waals surface area contributed by atoms with Crippen molar-refractivity contribution < 1.29 is 13.5 Å². The topological polar surface area (TPSA) is 83.6 Å². The summed E-state index contributed by atoms with van der Waals surface area (Å²) in [5.74, 6) is -0.0190. The number of hydrogen-bond donors (Lipinski definition) is 2. The largest absolute Gasteiger partial charge is 0.396 e. The van der Waals surface area contributed by atoms with Crippen LogP contribution < -0.4 is 5.73 Å². The van der Waals surface area contributed by atoms with Crippen molar-refractivity contribution in [1.29, 1.82) is 0 Å². The number of thiocarbonyl (C=S) groups is 1. The van der Waals surface area contributed by atoms with E-state index in [1.165, 1.54) is 4.31 Å². The van der Waals surface area contributed by atoms with E-state index < -0.39 is 10.0 Å². The molecule has 1 aliphatic heterocycles. The van der Waals surface area contributed by atoms with Gasteiger partial charge in [-0.25, -0.2) is 12.7 Å². The van der Waals surface area contributed by atoms with Crippen LogP contribution in [-0.4, -0.2) is 42.5 Å². The van der Waals surface area contributed by atoms with E-state index >= 15 is 0 Å². The highest BCUT2D eigenvalue weighted by molar-refractivity contribution is 7.88. The smallest absolute Gasteiger partial charge is 0.218 e. The molecule has 7 heteroatoms. The highest BCUT2D eigenvalue weighted by Gasteiger charge is 2.30. The van der Waals surface area contributed by atoms with E-state index in [4.69, 9.17) is 23.1 Å². The van der Waals surface area contributed by atoms with Crippen molar-refractivity contribution in [3.05, 3.63) is 35.4 Å². The Bertz CT molecular complexity index is 601. The van der Waals surface area contributed by atoms with Gasteiger partial charge in [0.25, 0.3) is 0 Å². The van der Waals surface area contributed by atoms with Crippen molar-refractivity contribution in [2.24, 2.45) is 11.7 Å². The van der Waals surface area contributed by atoms with Crippen LogP contribution in [0.4, 0.5) is 0 Å². The van der Waals surface area contributed by atoms with E-state index in [0.29, 0.717) is 30.6 Å². The fourth-order valence-corrected chi connectivity index (χ4v) is 4.05. The highest BCUT2D eigenvalue weighted by atomic mass is 32.2. The SMILES string of the molecule is NC(=S)c1cccc(CS(=O)(=O)N2CCC(CO)C2)c1. The lowest BCUT2D eigenvalue weighted by Gasteiger charge is -2.16. The maximum absolute atomic E-state index is 12.3. The van der Waals surface area contributed by atoms with Gasteiger partial charge in [-0.2, -0.15) is 0 Å². The zero-order valence-electron chi connectivity index (χ0n) is 11.0. The zero-order valence-corrected chi connectivity index (χ0v) is 12.7. The van der Waals surface area contributed by atoms with Crippen molar-refractivity contribution in [2.45, 2.75) is 12.2 Å². The van der Waals surface area contributed by atoms with Crippen LogP contribution in [0.15, 0.2) is 24.3 Å². The second-order valence-electron chi connectivity index (χ2n) is 5.02. The summed E-state index contributed by atoms with van der Waals surface area (Å²) in [5, 5.41) is 9.09. The van der Waals surface area contributed by atoms with Crippen LogP contribution in [0, 0.1) is 5.92 Å². The van der Waals surface area contributed by atoms with Gasteiger partial charge in [0.05, 0.1) is 5.75 Å². The summed E-state index contributed by atoms with van der Waals surface area (Å²) >= 11 is 4.89. The van der Waals surface area contributed by atoms with Gasteiger partial charge in [0.1, 0.15) is 4.99 Å². The van der Waals surface area contributed by atoms with Crippen LogP contribution in [-0.2, 0) is 15.8 Å². The molecule has 0 spiro atoms. The number of aliphatic hydroxyl groups excluding tert-OH is 1. The number of aliphatic hydroxyl groups is 1. The Morgan fingerprint density at radius 2 is 2.25 bits per heavy atom. The van der Waals surface area contributed by atoms with Gasteiger partial charge < -0.3 is 10.8 Å². The van der Waals surface area contributed by atoms with Gasteiger partial charge in [-0.3, -0.25) is 0 Å². The maximum atomic E-state index is 12.3. The minimum Gasteiger partial charge on any atom is -0.396 e. The van der Waals surface area contributed by atoms with Crippen LogP contribution in [0.2, 0.25) is 0 Å². The Kier molecular flexibility index (Phi) is 4.74. The first-order valence-electron chi connectivity index (χ1n) is 6.40. The predicted octanol–water partition coefficient (Wildman–Crippen LogP) is 0.465. The van der Waals surface area contributed by atoms with Crippen molar-refractivity contribution in [3.8, 4) is 0 Å². The third kappa shape index (κ3) is 3.54. The molecule has 2 rings (SSSR count). The van der Waals surface area contributed by atoms with Crippen LogP contribution in [0.5, 0.6) is 0 Å². The monoisotopic (exact) mass is 314 g/mol. The number of benzene rings is 1. The fraction of sp³-hybridized carbons (Fsp3) is 0.462. The van der Waals surface area contributed by atoms with E-state index in [1.807, 2.05) is 0 Å². The van der Waals surface area contributed by atoms with Gasteiger partial charge in [-0.1, -0.05) is 30.4 Å². The lowest BCUT2D eigenvalue weighted by atomic mass is 10.1. The summed E-state index contributed by atoms with van der Waals surface area (Å²) < 4.78 is 26.1. The Labute approximate surface area is 124 Å². The lowest BCUT2D eigenvalue weighted by molar-refractivity contribution is 0.233. The van der Waals surface area contributed by atoms with E-state index in [1.54, 1.807) is 24.3 Å². The van der Waals surface area contributed by atoms with Gasteiger partial charge in [0, 0.05) is 25.3 Å². The first-order valence-corrected chi connectivity index (χ1v) is 8.41. The molecule has 1 heterocycles. The summed E-state index contributed by atoms with van der Waals surface area (Å²) in [6.45, 7) is 0.902. The molecule has 0 aliphatic carbocycles. The van der Waals surface area contributed by atoms with Gasteiger partial charge in [-0.15, -0.1) is 0 Å². The van der Waals surface area contributed by atoms with Crippen molar-refractivity contribution in [2.75, 3.05) is 19.7 Å². The number of hydrogen-bond acceptors (Lipinski definition) is 4. The molecule has 1 atom stereocenters. The summed E-state index contributed by atoms with van der Waals surface area (Å²) in [7, 11) is -3.36. The number of rotatable bonds is 5. The Morgan fingerprint density at radius 1 is 1.50 bits per heavy atom. The van der Waals surface area contributed by atoms with Gasteiger partial charge >= 0.3 is 0 Å². The molecule has 3 N–H and O–H groups in total. The average Bonchev–Trinajstić information content (AvgIpc) is 2.88. The van der Waals surface area contributed by atoms with Crippen molar-refractivity contribution >= 4 is 27.2 Å². The highest BCUT2D eigenvalue weighted by Crippen LogP contribution is 2.21. The fourth-order valence-electron chi connectivity index (χ4n) is 2.32. The second kappa shape index (κ2) is 6.17. The molecule has 5 nitrogen and oxygen atoms in total. The quantitative estimate of drug-likeness (QED) is 0.772. The third-order valence-electron chi connectivity index (χ3n) is 3.46. The maximum Gasteiger partial charge on any atom is 0.218 e. The second-order valence-corrected chi connectivity index (χ2v) is 7.42. The molecule has 0 aromatic heterocycles. The Morgan fingerprint density at radius 3 is 2.85 bits per heavy atom. The molecular formula is C13H18N2O3S2. The summed E-state index contributed by atoms with van der Waals surface area (Å²) in [6.07, 6.45) is 0.711. The molecule has 0 amide bonds. The van der Waals surface area contributed by atoms with E-state index in [0.717, 1.165) is 0 Å². The third-order valence-corrected chi connectivity index (χ3v) is 5.51. The van der Waals surface area contributed by atoms with Crippen LogP contribution in [0.1, 0.15) is 17.5 Å². The number of sulfonamides is 1. The first kappa shape index (κ1) is 15.4. The van der Waals surface area contributed by atoms with E-state index in [2.05, 4.69) is 0 Å². The lowest BCUT2D eigenvalue weighted by Crippen LogP contribution is -2.30. The van der Waals surface area contributed by atoms with Crippen LogP contribution in [0.3, 0.4) is 0 Å². The minimum atomic E-state index is -3.36. The minimum absolute atomic E-state index is 0.0307.